The molecule has 6 nitrogen and oxygen atoms in total. The highest BCUT2D eigenvalue weighted by atomic mass is 16.5. The van der Waals surface area contributed by atoms with Crippen LogP contribution >= 0.6 is 0 Å². The van der Waals surface area contributed by atoms with Crippen molar-refractivity contribution in [3.05, 3.63) is 6.20 Å². The normalized spacial score (nSPS) is 11.1. The molecule has 0 saturated carbocycles. The number of anilines is 1. The van der Waals surface area contributed by atoms with Gasteiger partial charge in [0.05, 0.1) is 12.8 Å². The maximum Gasteiger partial charge on any atom is 0.229 e. The predicted molar refractivity (Wildman–Crippen MR) is 70.8 cm³/mol. The molecule has 0 amide bonds. The van der Waals surface area contributed by atoms with Gasteiger partial charge in [0.25, 0.3) is 0 Å². The smallest absolute Gasteiger partial charge is 0.229 e. The quantitative estimate of drug-likeness (QED) is 0.821. The molecule has 2 heterocycles. The highest BCUT2D eigenvalue weighted by Gasteiger charge is 2.10. The van der Waals surface area contributed by atoms with Crippen LogP contribution in [0.3, 0.4) is 0 Å². The van der Waals surface area contributed by atoms with Gasteiger partial charge in [0, 0.05) is 6.54 Å². The number of aromatic amines is 1. The zero-order chi connectivity index (χ0) is 13.0. The molecule has 0 bridgehead atoms. The van der Waals surface area contributed by atoms with E-state index in [9.17, 15) is 0 Å². The lowest BCUT2D eigenvalue weighted by Gasteiger charge is -2.09. The zero-order valence-electron chi connectivity index (χ0n) is 11.0. The second kappa shape index (κ2) is 5.66. The van der Waals surface area contributed by atoms with Crippen LogP contribution in [0.2, 0.25) is 0 Å². The van der Waals surface area contributed by atoms with E-state index in [1.165, 1.54) is 0 Å². The highest BCUT2D eigenvalue weighted by Crippen LogP contribution is 2.22. The molecule has 0 aromatic carbocycles. The van der Waals surface area contributed by atoms with Gasteiger partial charge in [-0.25, -0.2) is 0 Å². The maximum atomic E-state index is 5.72. The minimum absolute atomic E-state index is 0.564. The third kappa shape index (κ3) is 2.88. The van der Waals surface area contributed by atoms with Crippen molar-refractivity contribution in [2.24, 2.45) is 5.92 Å². The van der Waals surface area contributed by atoms with E-state index < -0.39 is 0 Å². The van der Waals surface area contributed by atoms with Gasteiger partial charge in [0.2, 0.25) is 11.8 Å². The SMILES string of the molecule is CCNc1nc(OCCC(C)C)c2cn[nH]c2n1. The van der Waals surface area contributed by atoms with E-state index in [1.54, 1.807) is 6.20 Å². The van der Waals surface area contributed by atoms with Crippen LogP contribution < -0.4 is 10.1 Å². The molecule has 0 saturated heterocycles. The predicted octanol–water partition coefficient (Wildman–Crippen LogP) is 2.21. The highest BCUT2D eigenvalue weighted by molar-refractivity contribution is 5.80. The summed E-state index contributed by atoms with van der Waals surface area (Å²) in [7, 11) is 0. The standard InChI is InChI=1S/C12H19N5O/c1-4-13-12-15-10-9(7-14-17-10)11(16-12)18-6-5-8(2)3/h7-8H,4-6H2,1-3H3,(H2,13,14,15,16,17). The van der Waals surface area contributed by atoms with Crippen molar-refractivity contribution in [3.63, 3.8) is 0 Å². The van der Waals surface area contributed by atoms with E-state index in [2.05, 4.69) is 39.3 Å². The van der Waals surface area contributed by atoms with Crippen LogP contribution in [0.15, 0.2) is 6.20 Å². The Labute approximate surface area is 106 Å². The first kappa shape index (κ1) is 12.6. The average Bonchev–Trinajstić information content (AvgIpc) is 2.77. The fourth-order valence-corrected chi connectivity index (χ4v) is 1.55. The third-order valence-corrected chi connectivity index (χ3v) is 2.54. The lowest BCUT2D eigenvalue weighted by atomic mass is 10.1. The molecule has 0 aliphatic carbocycles. The van der Waals surface area contributed by atoms with Gasteiger partial charge in [-0.2, -0.15) is 15.1 Å². The van der Waals surface area contributed by atoms with Gasteiger partial charge >= 0.3 is 0 Å². The van der Waals surface area contributed by atoms with E-state index in [0.717, 1.165) is 18.4 Å². The largest absolute Gasteiger partial charge is 0.477 e. The molecule has 98 valence electrons. The molecule has 0 atom stereocenters. The Hall–Kier alpha value is -1.85. The molecule has 0 unspecified atom stereocenters. The first-order chi connectivity index (χ1) is 8.70. The molecule has 0 aliphatic heterocycles. The second-order valence-corrected chi connectivity index (χ2v) is 4.55. The van der Waals surface area contributed by atoms with E-state index >= 15 is 0 Å². The fourth-order valence-electron chi connectivity index (χ4n) is 1.55. The minimum Gasteiger partial charge on any atom is -0.477 e. The van der Waals surface area contributed by atoms with E-state index in [-0.39, 0.29) is 0 Å². The van der Waals surface area contributed by atoms with Crippen LogP contribution in [0.4, 0.5) is 5.95 Å². The Kier molecular flexibility index (Phi) is 3.96. The van der Waals surface area contributed by atoms with Crippen LogP contribution in [0.1, 0.15) is 27.2 Å². The number of nitrogens with zero attached hydrogens (tertiary/aromatic N) is 3. The molecule has 0 spiro atoms. The molecule has 2 aromatic heterocycles. The second-order valence-electron chi connectivity index (χ2n) is 4.55. The van der Waals surface area contributed by atoms with E-state index in [4.69, 9.17) is 4.74 Å². The number of nitrogens with one attached hydrogen (secondary N) is 2. The molecule has 0 radical (unpaired) electrons. The summed E-state index contributed by atoms with van der Waals surface area (Å²) in [5.74, 6) is 1.76. The number of fused-ring (bicyclic) bond motifs is 1. The van der Waals surface area contributed by atoms with Crippen LogP contribution in [0, 0.1) is 5.92 Å². The van der Waals surface area contributed by atoms with E-state index in [0.29, 0.717) is 30.0 Å². The van der Waals surface area contributed by atoms with Crippen LogP contribution in [0.25, 0.3) is 11.0 Å². The first-order valence-electron chi connectivity index (χ1n) is 6.28. The van der Waals surface area contributed by atoms with Crippen molar-refractivity contribution >= 4 is 17.0 Å². The Morgan fingerprint density at radius 3 is 2.94 bits per heavy atom. The number of aromatic nitrogens is 4. The molecule has 2 rings (SSSR count). The summed E-state index contributed by atoms with van der Waals surface area (Å²) >= 11 is 0. The summed E-state index contributed by atoms with van der Waals surface area (Å²) < 4.78 is 5.72. The van der Waals surface area contributed by atoms with Gasteiger partial charge < -0.3 is 10.1 Å². The third-order valence-electron chi connectivity index (χ3n) is 2.54. The summed E-state index contributed by atoms with van der Waals surface area (Å²) in [5.41, 5.74) is 0.695. The average molecular weight is 249 g/mol. The van der Waals surface area contributed by atoms with Gasteiger partial charge in [0.1, 0.15) is 5.39 Å². The fraction of sp³-hybridized carbons (Fsp3) is 0.583. The van der Waals surface area contributed by atoms with Gasteiger partial charge in [0.15, 0.2) is 5.65 Å². The molecular formula is C12H19N5O. The molecule has 6 heteroatoms. The Bertz CT molecular complexity index is 508. The van der Waals surface area contributed by atoms with Crippen molar-refractivity contribution in [3.8, 4) is 5.88 Å². The summed E-state index contributed by atoms with van der Waals surface area (Å²) in [6.07, 6.45) is 2.69. The molecule has 0 aliphatic rings. The molecule has 2 N–H and O–H groups in total. The molecular weight excluding hydrogens is 230 g/mol. The minimum atomic E-state index is 0.564. The van der Waals surface area contributed by atoms with Gasteiger partial charge in [-0.15, -0.1) is 0 Å². The van der Waals surface area contributed by atoms with Gasteiger partial charge in [-0.1, -0.05) is 13.8 Å². The van der Waals surface area contributed by atoms with Gasteiger partial charge in [-0.3, -0.25) is 5.10 Å². The number of hydrogen-bond donors (Lipinski definition) is 2. The Morgan fingerprint density at radius 2 is 2.22 bits per heavy atom. The summed E-state index contributed by atoms with van der Waals surface area (Å²) in [6.45, 7) is 7.76. The first-order valence-corrected chi connectivity index (χ1v) is 6.28. The van der Waals surface area contributed by atoms with Crippen molar-refractivity contribution < 1.29 is 4.74 Å². The summed E-state index contributed by atoms with van der Waals surface area (Å²) in [5, 5.41) is 10.7. The number of H-pyrrole nitrogens is 1. The van der Waals surface area contributed by atoms with Crippen molar-refractivity contribution in [2.45, 2.75) is 27.2 Å². The Balaban J connectivity index is 2.20. The number of ether oxygens (including phenoxy) is 1. The molecule has 18 heavy (non-hydrogen) atoms. The van der Waals surface area contributed by atoms with Crippen LogP contribution in [0.5, 0.6) is 5.88 Å². The van der Waals surface area contributed by atoms with Crippen LogP contribution in [-0.4, -0.2) is 33.3 Å². The summed E-state index contributed by atoms with van der Waals surface area (Å²) in [6, 6.07) is 0. The number of rotatable bonds is 6. The molecule has 0 fully saturated rings. The number of hydrogen-bond acceptors (Lipinski definition) is 5. The maximum absolute atomic E-state index is 5.72. The van der Waals surface area contributed by atoms with Crippen molar-refractivity contribution in [2.75, 3.05) is 18.5 Å². The molecule has 2 aromatic rings. The van der Waals surface area contributed by atoms with Crippen LogP contribution in [-0.2, 0) is 0 Å². The Morgan fingerprint density at radius 1 is 1.39 bits per heavy atom. The monoisotopic (exact) mass is 249 g/mol. The van der Waals surface area contributed by atoms with Crippen molar-refractivity contribution in [1.29, 1.82) is 0 Å². The van der Waals surface area contributed by atoms with E-state index in [1.807, 2.05) is 6.92 Å². The topological polar surface area (TPSA) is 75.7 Å². The lowest BCUT2D eigenvalue weighted by Crippen LogP contribution is -2.07. The summed E-state index contributed by atoms with van der Waals surface area (Å²) in [4.78, 5) is 8.66. The zero-order valence-corrected chi connectivity index (χ0v) is 11.0. The lowest BCUT2D eigenvalue weighted by molar-refractivity contribution is 0.283. The van der Waals surface area contributed by atoms with Gasteiger partial charge in [-0.05, 0) is 19.3 Å². The van der Waals surface area contributed by atoms with Crippen molar-refractivity contribution in [1.82, 2.24) is 20.2 Å².